The SMILES string of the molecule is CCc1ccc(C)nc1N1CC(CSC(C)=O)CC1=O. The van der Waals surface area contributed by atoms with Crippen LogP contribution in [0.25, 0.3) is 0 Å². The van der Waals surface area contributed by atoms with Gasteiger partial charge in [0.05, 0.1) is 0 Å². The Labute approximate surface area is 124 Å². The van der Waals surface area contributed by atoms with Crippen molar-refractivity contribution >= 4 is 28.6 Å². The lowest BCUT2D eigenvalue weighted by atomic mass is 10.1. The number of amides is 1. The number of aromatic nitrogens is 1. The molecule has 5 heteroatoms. The van der Waals surface area contributed by atoms with Crippen LogP contribution in [0.15, 0.2) is 12.1 Å². The first-order valence-electron chi connectivity index (χ1n) is 6.91. The van der Waals surface area contributed by atoms with Gasteiger partial charge in [0, 0.05) is 31.3 Å². The van der Waals surface area contributed by atoms with Crippen LogP contribution in [0.5, 0.6) is 0 Å². The van der Waals surface area contributed by atoms with Gasteiger partial charge in [0.25, 0.3) is 0 Å². The Balaban J connectivity index is 2.15. The second-order valence-corrected chi connectivity index (χ2v) is 6.36. The van der Waals surface area contributed by atoms with Crippen molar-refractivity contribution < 1.29 is 9.59 Å². The molecular formula is C15H20N2O2S. The molecule has 2 heterocycles. The molecule has 1 aromatic rings. The van der Waals surface area contributed by atoms with Crippen LogP contribution >= 0.6 is 11.8 Å². The van der Waals surface area contributed by atoms with Gasteiger partial charge in [0.15, 0.2) is 5.12 Å². The summed E-state index contributed by atoms with van der Waals surface area (Å²) >= 11 is 1.30. The zero-order chi connectivity index (χ0) is 14.7. The number of carbonyl (C=O) groups excluding carboxylic acids is 2. The van der Waals surface area contributed by atoms with E-state index in [0.717, 1.165) is 23.5 Å². The number of hydrogen-bond acceptors (Lipinski definition) is 4. The molecule has 1 aromatic heterocycles. The molecule has 0 bridgehead atoms. The first-order chi connectivity index (χ1) is 9.51. The van der Waals surface area contributed by atoms with E-state index in [-0.39, 0.29) is 16.9 Å². The summed E-state index contributed by atoms with van der Waals surface area (Å²) in [7, 11) is 0. The fourth-order valence-corrected chi connectivity index (χ4v) is 3.11. The molecule has 0 saturated carbocycles. The third kappa shape index (κ3) is 3.39. The average Bonchev–Trinajstić information content (AvgIpc) is 2.77. The highest BCUT2D eigenvalue weighted by Crippen LogP contribution is 2.29. The Bertz CT molecular complexity index is 531. The van der Waals surface area contributed by atoms with E-state index in [1.807, 2.05) is 19.1 Å². The highest BCUT2D eigenvalue weighted by Gasteiger charge is 2.32. The first-order valence-corrected chi connectivity index (χ1v) is 7.90. The van der Waals surface area contributed by atoms with Gasteiger partial charge in [-0.1, -0.05) is 24.8 Å². The van der Waals surface area contributed by atoms with E-state index in [2.05, 4.69) is 11.9 Å². The maximum absolute atomic E-state index is 12.2. The van der Waals surface area contributed by atoms with E-state index in [4.69, 9.17) is 0 Å². The quantitative estimate of drug-likeness (QED) is 0.856. The summed E-state index contributed by atoms with van der Waals surface area (Å²) in [5.41, 5.74) is 2.02. The molecular weight excluding hydrogens is 272 g/mol. The molecule has 1 atom stereocenters. The number of nitrogens with zero attached hydrogens (tertiary/aromatic N) is 2. The second-order valence-electron chi connectivity index (χ2n) is 5.17. The standard InChI is InChI=1S/C15H20N2O2S/c1-4-13-6-5-10(2)16-15(13)17-8-12(7-14(17)19)9-20-11(3)18/h5-6,12H,4,7-9H2,1-3H3. The lowest BCUT2D eigenvalue weighted by molar-refractivity contribution is -0.117. The van der Waals surface area contributed by atoms with E-state index in [9.17, 15) is 9.59 Å². The van der Waals surface area contributed by atoms with E-state index in [0.29, 0.717) is 18.7 Å². The van der Waals surface area contributed by atoms with Crippen molar-refractivity contribution in [3.63, 3.8) is 0 Å². The first kappa shape index (κ1) is 15.0. The molecule has 1 aliphatic heterocycles. The molecule has 1 aliphatic rings. The largest absolute Gasteiger partial charge is 0.296 e. The van der Waals surface area contributed by atoms with Crippen molar-refractivity contribution in [3.8, 4) is 0 Å². The fraction of sp³-hybridized carbons (Fsp3) is 0.533. The Hall–Kier alpha value is -1.36. The number of aryl methyl sites for hydroxylation is 2. The van der Waals surface area contributed by atoms with Crippen LogP contribution in [-0.2, 0) is 16.0 Å². The summed E-state index contributed by atoms with van der Waals surface area (Å²) in [5.74, 6) is 1.87. The van der Waals surface area contributed by atoms with E-state index >= 15 is 0 Å². The van der Waals surface area contributed by atoms with Crippen molar-refractivity contribution in [2.24, 2.45) is 5.92 Å². The van der Waals surface area contributed by atoms with Crippen LogP contribution in [0, 0.1) is 12.8 Å². The Morgan fingerprint density at radius 3 is 2.90 bits per heavy atom. The van der Waals surface area contributed by atoms with E-state index < -0.39 is 0 Å². The summed E-state index contributed by atoms with van der Waals surface area (Å²) in [6.45, 7) is 6.24. The molecule has 0 N–H and O–H groups in total. The van der Waals surface area contributed by atoms with Gasteiger partial charge >= 0.3 is 0 Å². The van der Waals surface area contributed by atoms with Crippen LogP contribution in [0.3, 0.4) is 0 Å². The fourth-order valence-electron chi connectivity index (χ4n) is 2.41. The molecule has 1 unspecified atom stereocenters. The van der Waals surface area contributed by atoms with Gasteiger partial charge in [0.1, 0.15) is 5.82 Å². The Kier molecular flexibility index (Phi) is 4.81. The third-order valence-electron chi connectivity index (χ3n) is 3.46. The number of thioether (sulfide) groups is 1. The van der Waals surface area contributed by atoms with Gasteiger partial charge < -0.3 is 0 Å². The molecule has 1 saturated heterocycles. The van der Waals surface area contributed by atoms with E-state index in [1.54, 1.807) is 11.8 Å². The van der Waals surface area contributed by atoms with E-state index in [1.165, 1.54) is 11.8 Å². The molecule has 108 valence electrons. The van der Waals surface area contributed by atoms with Gasteiger partial charge in [-0.3, -0.25) is 14.5 Å². The monoisotopic (exact) mass is 292 g/mol. The van der Waals surface area contributed by atoms with Gasteiger partial charge in [-0.25, -0.2) is 4.98 Å². The smallest absolute Gasteiger partial charge is 0.228 e. The number of rotatable bonds is 4. The van der Waals surface area contributed by atoms with Crippen molar-refractivity contribution in [2.75, 3.05) is 17.2 Å². The summed E-state index contributed by atoms with van der Waals surface area (Å²) in [6.07, 6.45) is 1.37. The lowest BCUT2D eigenvalue weighted by Crippen LogP contribution is -2.27. The van der Waals surface area contributed by atoms with Gasteiger partial charge in [0.2, 0.25) is 5.91 Å². The molecule has 0 radical (unpaired) electrons. The molecule has 1 fully saturated rings. The molecule has 0 aliphatic carbocycles. The lowest BCUT2D eigenvalue weighted by Gasteiger charge is -2.19. The Morgan fingerprint density at radius 1 is 1.50 bits per heavy atom. The number of carbonyl (C=O) groups is 2. The van der Waals surface area contributed by atoms with Gasteiger partial charge in [-0.15, -0.1) is 0 Å². The highest BCUT2D eigenvalue weighted by atomic mass is 32.2. The maximum atomic E-state index is 12.2. The average molecular weight is 292 g/mol. The van der Waals surface area contributed by atoms with Crippen LogP contribution in [0.4, 0.5) is 5.82 Å². The number of hydrogen-bond donors (Lipinski definition) is 0. The number of pyridine rings is 1. The topological polar surface area (TPSA) is 50.3 Å². The van der Waals surface area contributed by atoms with Crippen molar-refractivity contribution in [2.45, 2.75) is 33.6 Å². The zero-order valence-corrected chi connectivity index (χ0v) is 13.0. The maximum Gasteiger partial charge on any atom is 0.228 e. The van der Waals surface area contributed by atoms with Crippen molar-refractivity contribution in [3.05, 3.63) is 23.4 Å². The summed E-state index contributed by atoms with van der Waals surface area (Å²) in [4.78, 5) is 29.6. The normalized spacial score (nSPS) is 18.6. The molecule has 1 amide bonds. The molecule has 20 heavy (non-hydrogen) atoms. The van der Waals surface area contributed by atoms with Crippen LogP contribution in [0.1, 0.15) is 31.5 Å². The minimum Gasteiger partial charge on any atom is -0.296 e. The highest BCUT2D eigenvalue weighted by molar-refractivity contribution is 8.13. The minimum atomic E-state index is 0.110. The summed E-state index contributed by atoms with van der Waals surface area (Å²) in [6, 6.07) is 4.02. The molecule has 0 spiro atoms. The molecule has 0 aromatic carbocycles. The summed E-state index contributed by atoms with van der Waals surface area (Å²) < 4.78 is 0. The van der Waals surface area contributed by atoms with Crippen LogP contribution in [-0.4, -0.2) is 28.3 Å². The summed E-state index contributed by atoms with van der Waals surface area (Å²) in [5, 5.41) is 0.110. The molecule has 4 nitrogen and oxygen atoms in total. The van der Waals surface area contributed by atoms with Crippen molar-refractivity contribution in [1.29, 1.82) is 0 Å². The predicted octanol–water partition coefficient (Wildman–Crippen LogP) is 2.59. The van der Waals surface area contributed by atoms with Crippen molar-refractivity contribution in [1.82, 2.24) is 4.98 Å². The predicted molar refractivity (Wildman–Crippen MR) is 82.0 cm³/mol. The molecule has 2 rings (SSSR count). The second kappa shape index (κ2) is 6.39. The van der Waals surface area contributed by atoms with Crippen LogP contribution < -0.4 is 4.90 Å². The third-order valence-corrected chi connectivity index (χ3v) is 4.50. The number of anilines is 1. The van der Waals surface area contributed by atoms with Gasteiger partial charge in [-0.2, -0.15) is 0 Å². The van der Waals surface area contributed by atoms with Gasteiger partial charge in [-0.05, 0) is 30.9 Å². The minimum absolute atomic E-state index is 0.110. The Morgan fingerprint density at radius 2 is 2.25 bits per heavy atom. The van der Waals surface area contributed by atoms with Crippen LogP contribution in [0.2, 0.25) is 0 Å². The zero-order valence-electron chi connectivity index (χ0n) is 12.2.